The Bertz CT molecular complexity index is 719. The van der Waals surface area contributed by atoms with E-state index in [2.05, 4.69) is 32.3 Å². The lowest BCUT2D eigenvalue weighted by Gasteiger charge is -2.22. The molecule has 2 aromatic heterocycles. The maximum Gasteiger partial charge on any atom is 0.223 e. The molecule has 0 aromatic carbocycles. The predicted octanol–water partition coefficient (Wildman–Crippen LogP) is 2.50. The molecule has 1 amide bonds. The number of aromatic nitrogens is 2. The summed E-state index contributed by atoms with van der Waals surface area (Å²) in [5.74, 6) is 0.379. The number of nitrogens with zero attached hydrogens (tertiary/aromatic N) is 3. The van der Waals surface area contributed by atoms with Gasteiger partial charge < -0.3 is 10.1 Å². The number of rotatable bonds is 5. The van der Waals surface area contributed by atoms with E-state index in [1.165, 1.54) is 23.8 Å². The van der Waals surface area contributed by atoms with Gasteiger partial charge in [0.1, 0.15) is 0 Å². The molecule has 1 atom stereocenters. The molecule has 0 spiro atoms. The van der Waals surface area contributed by atoms with Crippen LogP contribution in [-0.2, 0) is 22.5 Å². The van der Waals surface area contributed by atoms with Gasteiger partial charge in [0.2, 0.25) is 5.91 Å². The molecule has 3 heterocycles. The van der Waals surface area contributed by atoms with Crippen molar-refractivity contribution in [1.82, 2.24) is 14.9 Å². The number of anilines is 1. The van der Waals surface area contributed by atoms with Gasteiger partial charge in [0.25, 0.3) is 0 Å². The maximum absolute atomic E-state index is 11.1. The number of carbonyl (C=O) groups excluding carboxylic acids is 1. The topological polar surface area (TPSA) is 67.4 Å². The van der Waals surface area contributed by atoms with Crippen LogP contribution in [0.4, 0.5) is 5.13 Å². The lowest BCUT2D eigenvalue weighted by Crippen LogP contribution is -2.30. The minimum absolute atomic E-state index is 0.0863. The van der Waals surface area contributed by atoms with Crippen LogP contribution < -0.4 is 5.32 Å². The Labute approximate surface area is 152 Å². The molecular formula is C18H24N4O2S. The molecule has 6 nitrogen and oxygen atoms in total. The van der Waals surface area contributed by atoms with Gasteiger partial charge in [-0.2, -0.15) is 0 Å². The van der Waals surface area contributed by atoms with Gasteiger partial charge in [-0.05, 0) is 37.0 Å². The first-order chi connectivity index (χ1) is 12.1. The molecule has 2 aromatic rings. The van der Waals surface area contributed by atoms with Gasteiger partial charge in [-0.3, -0.25) is 14.7 Å². The molecule has 1 aliphatic heterocycles. The highest BCUT2D eigenvalue weighted by Gasteiger charge is 2.20. The zero-order valence-corrected chi connectivity index (χ0v) is 15.5. The van der Waals surface area contributed by atoms with E-state index in [1.54, 1.807) is 0 Å². The van der Waals surface area contributed by atoms with Crippen molar-refractivity contribution in [3.63, 3.8) is 0 Å². The molecule has 3 rings (SSSR count). The first kappa shape index (κ1) is 18.0. The monoisotopic (exact) mass is 360 g/mol. The van der Waals surface area contributed by atoms with Gasteiger partial charge in [-0.25, -0.2) is 4.98 Å². The van der Waals surface area contributed by atoms with Gasteiger partial charge in [0.05, 0.1) is 13.2 Å². The second-order valence-electron chi connectivity index (χ2n) is 6.50. The Morgan fingerprint density at radius 2 is 2.36 bits per heavy atom. The molecule has 1 saturated heterocycles. The van der Waals surface area contributed by atoms with Gasteiger partial charge >= 0.3 is 0 Å². The first-order valence-corrected chi connectivity index (χ1v) is 9.34. The number of ether oxygens (including phenoxy) is 1. The van der Waals surface area contributed by atoms with Crippen LogP contribution in [-0.4, -0.2) is 47.1 Å². The fourth-order valence-electron chi connectivity index (χ4n) is 3.09. The van der Waals surface area contributed by atoms with Crippen molar-refractivity contribution in [2.45, 2.75) is 26.8 Å². The van der Waals surface area contributed by atoms with E-state index in [0.29, 0.717) is 11.0 Å². The minimum atomic E-state index is -0.0863. The molecule has 0 saturated carbocycles. The summed E-state index contributed by atoms with van der Waals surface area (Å²) in [5, 5.41) is 3.41. The van der Waals surface area contributed by atoms with E-state index < -0.39 is 0 Å². The van der Waals surface area contributed by atoms with E-state index in [9.17, 15) is 4.79 Å². The minimum Gasteiger partial charge on any atom is -0.380 e. The molecule has 0 radical (unpaired) electrons. The average Bonchev–Trinajstić information content (AvgIpc) is 2.85. The van der Waals surface area contributed by atoms with Gasteiger partial charge in [-0.1, -0.05) is 0 Å². The Morgan fingerprint density at radius 3 is 3.16 bits per heavy atom. The highest BCUT2D eigenvalue weighted by Crippen LogP contribution is 2.22. The second kappa shape index (κ2) is 8.51. The van der Waals surface area contributed by atoms with Crippen LogP contribution in [0.15, 0.2) is 24.5 Å². The summed E-state index contributed by atoms with van der Waals surface area (Å²) in [6.45, 7) is 7.82. The Balaban J connectivity index is 1.59. The number of hydrogen-bond donors (Lipinski definition) is 1. The van der Waals surface area contributed by atoms with Crippen molar-refractivity contribution in [2.75, 3.05) is 31.6 Å². The normalized spacial score (nSPS) is 18.7. The lowest BCUT2D eigenvalue weighted by atomic mass is 10.00. The number of thiazole rings is 1. The van der Waals surface area contributed by atoms with Gasteiger partial charge in [0, 0.05) is 49.5 Å². The number of carbonyl (C=O) groups is 1. The zero-order valence-electron chi connectivity index (χ0n) is 14.7. The number of hydrogen-bond acceptors (Lipinski definition) is 6. The molecular weight excluding hydrogens is 336 g/mol. The lowest BCUT2D eigenvalue weighted by molar-refractivity contribution is -0.114. The van der Waals surface area contributed by atoms with E-state index in [0.717, 1.165) is 49.8 Å². The molecule has 1 unspecified atom stereocenters. The van der Waals surface area contributed by atoms with Crippen LogP contribution >= 0.6 is 11.3 Å². The van der Waals surface area contributed by atoms with Crippen molar-refractivity contribution in [2.24, 2.45) is 5.92 Å². The smallest absolute Gasteiger partial charge is 0.223 e. The zero-order chi connectivity index (χ0) is 17.6. The molecule has 1 aliphatic rings. The quantitative estimate of drug-likeness (QED) is 0.887. The van der Waals surface area contributed by atoms with E-state index in [4.69, 9.17) is 4.74 Å². The summed E-state index contributed by atoms with van der Waals surface area (Å²) < 4.78 is 5.81. The summed E-state index contributed by atoms with van der Waals surface area (Å²) in [6.07, 6.45) is 4.73. The number of pyridine rings is 1. The van der Waals surface area contributed by atoms with E-state index in [-0.39, 0.29) is 5.91 Å². The third-order valence-electron chi connectivity index (χ3n) is 4.12. The molecule has 0 aliphatic carbocycles. The SMILES string of the molecule is CC(=O)Nc1ncc(CN2CCOCC(Cc3ccnc(C)c3)C2)s1. The van der Waals surface area contributed by atoms with Crippen LogP contribution in [0.25, 0.3) is 0 Å². The van der Waals surface area contributed by atoms with E-state index in [1.807, 2.05) is 19.3 Å². The standard InChI is InChI=1S/C18H24N4O2S/c1-13-7-15(3-4-19-13)8-16-10-22(5-6-24-12-16)11-17-9-20-18(25-17)21-14(2)23/h3-4,7,9,16H,5-6,8,10-12H2,1-2H3,(H,20,21,23). The summed E-state index contributed by atoms with van der Waals surface area (Å²) in [7, 11) is 0. The van der Waals surface area contributed by atoms with Crippen molar-refractivity contribution in [3.8, 4) is 0 Å². The summed E-state index contributed by atoms with van der Waals surface area (Å²) in [6, 6.07) is 4.24. The summed E-state index contributed by atoms with van der Waals surface area (Å²) >= 11 is 1.54. The van der Waals surface area contributed by atoms with Crippen molar-refractivity contribution < 1.29 is 9.53 Å². The molecule has 0 bridgehead atoms. The third kappa shape index (κ3) is 5.59. The maximum atomic E-state index is 11.1. The van der Waals surface area contributed by atoms with Crippen LogP contribution in [0.1, 0.15) is 23.1 Å². The molecule has 134 valence electrons. The van der Waals surface area contributed by atoms with Crippen LogP contribution in [0.5, 0.6) is 0 Å². The van der Waals surface area contributed by atoms with Crippen molar-refractivity contribution >= 4 is 22.4 Å². The Morgan fingerprint density at radius 1 is 1.48 bits per heavy atom. The highest BCUT2D eigenvalue weighted by molar-refractivity contribution is 7.15. The Kier molecular flexibility index (Phi) is 6.12. The third-order valence-corrected chi connectivity index (χ3v) is 5.02. The fourth-order valence-corrected chi connectivity index (χ4v) is 3.99. The van der Waals surface area contributed by atoms with Crippen LogP contribution in [0.3, 0.4) is 0 Å². The van der Waals surface area contributed by atoms with E-state index >= 15 is 0 Å². The van der Waals surface area contributed by atoms with Gasteiger partial charge in [-0.15, -0.1) is 11.3 Å². The van der Waals surface area contributed by atoms with Gasteiger partial charge in [0.15, 0.2) is 5.13 Å². The number of nitrogens with one attached hydrogen (secondary N) is 1. The highest BCUT2D eigenvalue weighted by atomic mass is 32.1. The average molecular weight is 360 g/mol. The predicted molar refractivity (Wildman–Crippen MR) is 98.7 cm³/mol. The van der Waals surface area contributed by atoms with Crippen molar-refractivity contribution in [3.05, 3.63) is 40.7 Å². The second-order valence-corrected chi connectivity index (χ2v) is 7.61. The fraction of sp³-hybridized carbons (Fsp3) is 0.500. The number of amides is 1. The molecule has 1 fully saturated rings. The molecule has 7 heteroatoms. The summed E-state index contributed by atoms with van der Waals surface area (Å²) in [5.41, 5.74) is 2.37. The van der Waals surface area contributed by atoms with Crippen LogP contribution in [0.2, 0.25) is 0 Å². The molecule has 1 N–H and O–H groups in total. The number of aryl methyl sites for hydroxylation is 1. The summed E-state index contributed by atoms with van der Waals surface area (Å²) in [4.78, 5) is 23.2. The van der Waals surface area contributed by atoms with Crippen LogP contribution in [0, 0.1) is 12.8 Å². The molecule has 25 heavy (non-hydrogen) atoms. The largest absolute Gasteiger partial charge is 0.380 e. The van der Waals surface area contributed by atoms with Crippen molar-refractivity contribution in [1.29, 1.82) is 0 Å². The Hall–Kier alpha value is -1.83. The first-order valence-electron chi connectivity index (χ1n) is 8.52.